The van der Waals surface area contributed by atoms with Crippen molar-refractivity contribution in [2.24, 2.45) is 4.99 Å². The molecule has 0 radical (unpaired) electrons. The number of carbonyl (C=O) groups excluding carboxylic acids is 1. The van der Waals surface area contributed by atoms with Gasteiger partial charge in [-0.2, -0.15) is 0 Å². The van der Waals surface area contributed by atoms with Gasteiger partial charge in [0.05, 0.1) is 12.6 Å². The summed E-state index contributed by atoms with van der Waals surface area (Å²) in [6.45, 7) is 9.17. The van der Waals surface area contributed by atoms with E-state index in [1.807, 2.05) is 11.8 Å². The van der Waals surface area contributed by atoms with Crippen LogP contribution in [0, 0.1) is 6.92 Å². The van der Waals surface area contributed by atoms with Crippen LogP contribution >= 0.6 is 0 Å². The maximum absolute atomic E-state index is 11.9. The van der Waals surface area contributed by atoms with Gasteiger partial charge in [0.1, 0.15) is 0 Å². The Hall–Kier alpha value is -2.08. The Morgan fingerprint density at radius 2 is 2.00 bits per heavy atom. The molecule has 2 atom stereocenters. The molecular formula is C21H35N5O. The smallest absolute Gasteiger partial charge is 0.222 e. The van der Waals surface area contributed by atoms with E-state index in [1.165, 1.54) is 11.1 Å². The Balaban J connectivity index is 2.02. The molecule has 2 rings (SSSR count). The molecule has 0 aliphatic carbocycles. The van der Waals surface area contributed by atoms with Crippen molar-refractivity contribution in [1.82, 2.24) is 20.4 Å². The zero-order valence-electron chi connectivity index (χ0n) is 17.5. The van der Waals surface area contributed by atoms with Crippen molar-refractivity contribution in [2.45, 2.75) is 45.7 Å². The summed E-state index contributed by atoms with van der Waals surface area (Å²) in [6, 6.07) is 9.15. The van der Waals surface area contributed by atoms with E-state index >= 15 is 0 Å². The van der Waals surface area contributed by atoms with E-state index in [4.69, 9.17) is 4.99 Å². The van der Waals surface area contributed by atoms with E-state index in [0.717, 1.165) is 32.0 Å². The van der Waals surface area contributed by atoms with Crippen molar-refractivity contribution in [1.29, 1.82) is 0 Å². The lowest BCUT2D eigenvalue weighted by atomic mass is 10.0. The lowest BCUT2D eigenvalue weighted by molar-refractivity contribution is -0.129. The normalized spacial score (nSPS) is 18.7. The molecule has 1 amide bonds. The number of guanidine groups is 1. The first kappa shape index (κ1) is 21.2. The van der Waals surface area contributed by atoms with Gasteiger partial charge in [-0.1, -0.05) is 36.8 Å². The number of benzene rings is 1. The number of likely N-dealkylation sites (N-methyl/N-ethyl adjacent to an activating group) is 1. The number of likely N-dealkylation sites (tertiary alicyclic amines) is 1. The van der Waals surface area contributed by atoms with Gasteiger partial charge in [-0.05, 0) is 39.9 Å². The topological polar surface area (TPSA) is 60.0 Å². The number of hydrogen-bond acceptors (Lipinski definition) is 3. The van der Waals surface area contributed by atoms with Crippen molar-refractivity contribution < 1.29 is 4.79 Å². The number of aliphatic imine (C=N–C) groups is 1. The minimum absolute atomic E-state index is 0.225. The zero-order valence-corrected chi connectivity index (χ0v) is 17.5. The minimum atomic E-state index is 0.225. The van der Waals surface area contributed by atoms with Crippen LogP contribution in [0.15, 0.2) is 29.3 Å². The first-order valence-corrected chi connectivity index (χ1v) is 10.00. The molecule has 0 aromatic heterocycles. The van der Waals surface area contributed by atoms with E-state index < -0.39 is 0 Å². The molecule has 0 spiro atoms. The number of nitrogens with one attached hydrogen (secondary N) is 2. The van der Waals surface area contributed by atoms with E-state index in [1.54, 1.807) is 0 Å². The van der Waals surface area contributed by atoms with Crippen molar-refractivity contribution in [3.63, 3.8) is 0 Å². The molecule has 27 heavy (non-hydrogen) atoms. The van der Waals surface area contributed by atoms with Gasteiger partial charge in [0.2, 0.25) is 5.91 Å². The summed E-state index contributed by atoms with van der Waals surface area (Å²) < 4.78 is 0. The van der Waals surface area contributed by atoms with Crippen molar-refractivity contribution in [3.8, 4) is 0 Å². The molecule has 6 heteroatoms. The summed E-state index contributed by atoms with van der Waals surface area (Å²) >= 11 is 0. The van der Waals surface area contributed by atoms with E-state index in [0.29, 0.717) is 13.0 Å². The summed E-state index contributed by atoms with van der Waals surface area (Å²) in [5.41, 5.74) is 2.54. The van der Waals surface area contributed by atoms with Crippen LogP contribution in [0.3, 0.4) is 0 Å². The molecule has 6 nitrogen and oxygen atoms in total. The molecule has 0 saturated carbocycles. The van der Waals surface area contributed by atoms with Crippen LogP contribution in [-0.4, -0.2) is 68.0 Å². The molecule has 1 heterocycles. The summed E-state index contributed by atoms with van der Waals surface area (Å²) in [4.78, 5) is 20.9. The SMILES string of the molecule is CCNC(=NCC(c1ccc(C)cc1)N(C)C)NC1CCN(C(=O)CC)C1. The Morgan fingerprint density at radius 3 is 2.59 bits per heavy atom. The van der Waals surface area contributed by atoms with Gasteiger partial charge in [0.25, 0.3) is 0 Å². The van der Waals surface area contributed by atoms with Crippen LogP contribution in [0.2, 0.25) is 0 Å². The summed E-state index contributed by atoms with van der Waals surface area (Å²) in [5.74, 6) is 1.06. The second-order valence-corrected chi connectivity index (χ2v) is 7.43. The van der Waals surface area contributed by atoms with Gasteiger partial charge < -0.3 is 20.4 Å². The molecule has 0 bridgehead atoms. The maximum Gasteiger partial charge on any atom is 0.222 e. The van der Waals surface area contributed by atoms with E-state index in [-0.39, 0.29) is 18.0 Å². The van der Waals surface area contributed by atoms with Crippen LogP contribution in [0.4, 0.5) is 0 Å². The molecule has 1 aliphatic rings. The summed E-state index contributed by atoms with van der Waals surface area (Å²) in [7, 11) is 4.18. The monoisotopic (exact) mass is 373 g/mol. The minimum Gasteiger partial charge on any atom is -0.357 e. The molecule has 150 valence electrons. The standard InChI is InChI=1S/C21H35N5O/c1-6-20(27)26-13-12-18(15-26)24-21(22-7-2)23-14-19(25(4)5)17-10-8-16(3)9-11-17/h8-11,18-19H,6-7,12-15H2,1-5H3,(H2,22,23,24). The maximum atomic E-state index is 11.9. The molecular weight excluding hydrogens is 338 g/mol. The molecule has 1 aromatic carbocycles. The van der Waals surface area contributed by atoms with Crippen LogP contribution in [0.5, 0.6) is 0 Å². The van der Waals surface area contributed by atoms with Gasteiger partial charge >= 0.3 is 0 Å². The third-order valence-corrected chi connectivity index (χ3v) is 5.04. The number of aryl methyl sites for hydroxylation is 1. The first-order chi connectivity index (χ1) is 12.9. The van der Waals surface area contributed by atoms with Crippen LogP contribution in [-0.2, 0) is 4.79 Å². The zero-order chi connectivity index (χ0) is 19.8. The molecule has 1 aliphatic heterocycles. The summed E-state index contributed by atoms with van der Waals surface area (Å²) in [6.07, 6.45) is 1.53. The van der Waals surface area contributed by atoms with Crippen LogP contribution in [0.1, 0.15) is 43.9 Å². The number of nitrogens with zero attached hydrogens (tertiary/aromatic N) is 3. The fourth-order valence-electron chi connectivity index (χ4n) is 3.37. The van der Waals surface area contributed by atoms with E-state index in [2.05, 4.69) is 67.7 Å². The summed E-state index contributed by atoms with van der Waals surface area (Å²) in [5, 5.41) is 6.85. The van der Waals surface area contributed by atoms with Gasteiger partial charge in [-0.25, -0.2) is 0 Å². The molecule has 1 fully saturated rings. The third-order valence-electron chi connectivity index (χ3n) is 5.04. The predicted octanol–water partition coefficient (Wildman–Crippen LogP) is 2.16. The Bertz CT molecular complexity index is 626. The number of hydrogen-bond donors (Lipinski definition) is 2. The largest absolute Gasteiger partial charge is 0.357 e. The predicted molar refractivity (Wildman–Crippen MR) is 112 cm³/mol. The number of rotatable bonds is 7. The average molecular weight is 374 g/mol. The Kier molecular flexibility index (Phi) is 8.10. The Labute approximate surface area is 164 Å². The average Bonchev–Trinajstić information content (AvgIpc) is 3.11. The highest BCUT2D eigenvalue weighted by Crippen LogP contribution is 2.19. The van der Waals surface area contributed by atoms with Gasteiger partial charge in [0, 0.05) is 32.1 Å². The lowest BCUT2D eigenvalue weighted by Gasteiger charge is -2.24. The highest BCUT2D eigenvalue weighted by Gasteiger charge is 2.26. The molecule has 2 N–H and O–H groups in total. The lowest BCUT2D eigenvalue weighted by Crippen LogP contribution is -2.45. The van der Waals surface area contributed by atoms with Crippen LogP contribution in [0.25, 0.3) is 0 Å². The van der Waals surface area contributed by atoms with Crippen molar-refractivity contribution in [2.75, 3.05) is 40.3 Å². The molecule has 1 saturated heterocycles. The molecule has 2 unspecified atom stereocenters. The fraction of sp³-hybridized carbons (Fsp3) is 0.619. The second kappa shape index (κ2) is 10.3. The molecule has 1 aromatic rings. The van der Waals surface area contributed by atoms with Gasteiger partial charge in [-0.3, -0.25) is 9.79 Å². The highest BCUT2D eigenvalue weighted by molar-refractivity contribution is 5.80. The second-order valence-electron chi connectivity index (χ2n) is 7.43. The number of amides is 1. The van der Waals surface area contributed by atoms with Crippen LogP contribution < -0.4 is 10.6 Å². The number of carbonyl (C=O) groups is 1. The van der Waals surface area contributed by atoms with Gasteiger partial charge in [-0.15, -0.1) is 0 Å². The quantitative estimate of drug-likeness (QED) is 0.568. The third kappa shape index (κ3) is 6.24. The Morgan fingerprint density at radius 1 is 1.30 bits per heavy atom. The fourth-order valence-corrected chi connectivity index (χ4v) is 3.37. The van der Waals surface area contributed by atoms with E-state index in [9.17, 15) is 4.79 Å². The van der Waals surface area contributed by atoms with Crippen molar-refractivity contribution >= 4 is 11.9 Å². The van der Waals surface area contributed by atoms with Gasteiger partial charge in [0.15, 0.2) is 5.96 Å². The highest BCUT2D eigenvalue weighted by atomic mass is 16.2. The van der Waals surface area contributed by atoms with Crippen molar-refractivity contribution in [3.05, 3.63) is 35.4 Å². The first-order valence-electron chi connectivity index (χ1n) is 10.00.